The average molecular weight is 209 g/mol. The van der Waals surface area contributed by atoms with Crippen molar-refractivity contribution in [2.45, 2.75) is 31.1 Å². The molecule has 0 spiro atoms. The van der Waals surface area contributed by atoms with E-state index in [9.17, 15) is 0 Å². The van der Waals surface area contributed by atoms with Gasteiger partial charge in [-0.2, -0.15) is 0 Å². The summed E-state index contributed by atoms with van der Waals surface area (Å²) in [5.74, 6) is 0. The van der Waals surface area contributed by atoms with Gasteiger partial charge in [0.15, 0.2) is 0 Å². The zero-order valence-electron chi connectivity index (χ0n) is 9.05. The smallest absolute Gasteiger partial charge is 0.00985 e. The van der Waals surface area contributed by atoms with Crippen molar-refractivity contribution in [2.24, 2.45) is 5.73 Å². The van der Waals surface area contributed by atoms with Crippen molar-refractivity contribution in [1.82, 2.24) is 0 Å². The van der Waals surface area contributed by atoms with E-state index in [1.54, 1.807) is 0 Å². The second-order valence-electron chi connectivity index (χ2n) is 3.55. The fourth-order valence-corrected chi connectivity index (χ4v) is 2.15. The first-order valence-corrected chi connectivity index (χ1v) is 6.34. The van der Waals surface area contributed by atoms with Crippen LogP contribution in [-0.4, -0.2) is 12.8 Å². The molecule has 0 unspecified atom stereocenters. The quantitative estimate of drug-likeness (QED) is 0.596. The highest BCUT2D eigenvalue weighted by molar-refractivity contribution is 7.98. The zero-order valence-corrected chi connectivity index (χ0v) is 9.86. The van der Waals surface area contributed by atoms with Gasteiger partial charge in [-0.25, -0.2) is 0 Å². The molecule has 0 fully saturated rings. The molecule has 78 valence electrons. The highest BCUT2D eigenvalue weighted by Gasteiger charge is 1.98. The molecule has 0 radical (unpaired) electrons. The first-order valence-electron chi connectivity index (χ1n) is 5.11. The highest BCUT2D eigenvalue weighted by Crippen LogP contribution is 2.21. The Bertz CT molecular complexity index is 284. The lowest BCUT2D eigenvalue weighted by Gasteiger charge is -2.05. The van der Waals surface area contributed by atoms with Crippen LogP contribution in [0.5, 0.6) is 0 Å². The van der Waals surface area contributed by atoms with E-state index in [-0.39, 0.29) is 0 Å². The Hall–Kier alpha value is -0.470. The highest BCUT2D eigenvalue weighted by atomic mass is 32.2. The third-order valence-corrected chi connectivity index (χ3v) is 3.28. The monoisotopic (exact) mass is 209 g/mol. The summed E-state index contributed by atoms with van der Waals surface area (Å²) in [5.41, 5.74) is 8.29. The number of rotatable bonds is 5. The number of aryl methyl sites for hydroxylation is 2. The molecule has 1 aromatic carbocycles. The Morgan fingerprint density at radius 1 is 1.29 bits per heavy atom. The summed E-state index contributed by atoms with van der Waals surface area (Å²) in [6.07, 6.45) is 5.61. The predicted octanol–water partition coefficient (Wildman–Crippen LogP) is 3.00. The lowest BCUT2D eigenvalue weighted by molar-refractivity contribution is 0.744. The fraction of sp³-hybridized carbons (Fsp3) is 0.500. The van der Waals surface area contributed by atoms with Gasteiger partial charge in [0, 0.05) is 4.90 Å². The summed E-state index contributed by atoms with van der Waals surface area (Å²) >= 11 is 1.81. The molecule has 0 aliphatic rings. The maximum absolute atomic E-state index is 5.46. The molecule has 0 aliphatic heterocycles. The summed E-state index contributed by atoms with van der Waals surface area (Å²) in [4.78, 5) is 1.38. The van der Waals surface area contributed by atoms with Crippen molar-refractivity contribution in [3.8, 4) is 0 Å². The fourth-order valence-electron chi connectivity index (χ4n) is 1.57. The molecule has 0 bridgehead atoms. The number of hydrogen-bond acceptors (Lipinski definition) is 2. The van der Waals surface area contributed by atoms with Crippen molar-refractivity contribution in [1.29, 1.82) is 0 Å². The first kappa shape index (κ1) is 11.6. The Balaban J connectivity index is 2.57. The van der Waals surface area contributed by atoms with E-state index in [2.05, 4.69) is 31.4 Å². The maximum atomic E-state index is 5.46. The number of nitrogens with two attached hydrogens (primary N) is 1. The molecule has 14 heavy (non-hydrogen) atoms. The summed E-state index contributed by atoms with van der Waals surface area (Å²) in [6.45, 7) is 2.99. The van der Waals surface area contributed by atoms with E-state index in [0.29, 0.717) is 0 Å². The van der Waals surface area contributed by atoms with Crippen molar-refractivity contribution in [3.63, 3.8) is 0 Å². The van der Waals surface area contributed by atoms with Crippen LogP contribution in [0, 0.1) is 6.92 Å². The van der Waals surface area contributed by atoms with Gasteiger partial charge >= 0.3 is 0 Å². The van der Waals surface area contributed by atoms with E-state index in [1.807, 2.05) is 11.8 Å². The van der Waals surface area contributed by atoms with E-state index in [1.165, 1.54) is 22.4 Å². The van der Waals surface area contributed by atoms with E-state index >= 15 is 0 Å². The average Bonchev–Trinajstić information content (AvgIpc) is 2.18. The van der Waals surface area contributed by atoms with Gasteiger partial charge in [0.1, 0.15) is 0 Å². The Labute approximate surface area is 91.1 Å². The van der Waals surface area contributed by atoms with Gasteiger partial charge in [0.05, 0.1) is 0 Å². The van der Waals surface area contributed by atoms with E-state index < -0.39 is 0 Å². The van der Waals surface area contributed by atoms with Gasteiger partial charge in [-0.1, -0.05) is 12.1 Å². The van der Waals surface area contributed by atoms with Gasteiger partial charge in [0.25, 0.3) is 0 Å². The molecule has 0 aliphatic carbocycles. The van der Waals surface area contributed by atoms with Gasteiger partial charge < -0.3 is 5.73 Å². The van der Waals surface area contributed by atoms with Crippen LogP contribution in [0.4, 0.5) is 0 Å². The number of unbranched alkanes of at least 4 members (excludes halogenated alkanes) is 1. The molecule has 0 amide bonds. The van der Waals surface area contributed by atoms with Crippen LogP contribution in [0.15, 0.2) is 23.1 Å². The molecule has 2 heteroatoms. The van der Waals surface area contributed by atoms with Crippen molar-refractivity contribution in [3.05, 3.63) is 29.3 Å². The van der Waals surface area contributed by atoms with E-state index in [0.717, 1.165) is 19.4 Å². The minimum absolute atomic E-state index is 0.807. The third-order valence-electron chi connectivity index (χ3n) is 2.38. The van der Waals surface area contributed by atoms with Crippen LogP contribution < -0.4 is 5.73 Å². The molecule has 0 heterocycles. The second-order valence-corrected chi connectivity index (χ2v) is 4.40. The molecular formula is C12H19NS. The van der Waals surface area contributed by atoms with Crippen molar-refractivity contribution in [2.75, 3.05) is 12.8 Å². The second kappa shape index (κ2) is 6.10. The van der Waals surface area contributed by atoms with E-state index in [4.69, 9.17) is 5.73 Å². The SMILES string of the molecule is CSc1ccc(CCCCN)cc1C. The molecule has 1 nitrogen and oxygen atoms in total. The molecular weight excluding hydrogens is 190 g/mol. The summed E-state index contributed by atoms with van der Waals surface area (Å²) in [5, 5.41) is 0. The van der Waals surface area contributed by atoms with Crippen LogP contribution in [0.1, 0.15) is 24.0 Å². The summed E-state index contributed by atoms with van der Waals surface area (Å²) in [6, 6.07) is 6.75. The van der Waals surface area contributed by atoms with Gasteiger partial charge in [-0.05, 0) is 56.2 Å². The molecule has 2 N–H and O–H groups in total. The Morgan fingerprint density at radius 3 is 2.64 bits per heavy atom. The minimum atomic E-state index is 0.807. The largest absolute Gasteiger partial charge is 0.330 e. The topological polar surface area (TPSA) is 26.0 Å². The van der Waals surface area contributed by atoms with Gasteiger partial charge in [-0.3, -0.25) is 0 Å². The first-order chi connectivity index (χ1) is 6.77. The van der Waals surface area contributed by atoms with Crippen LogP contribution in [-0.2, 0) is 6.42 Å². The lowest BCUT2D eigenvalue weighted by atomic mass is 10.1. The summed E-state index contributed by atoms with van der Waals surface area (Å²) in [7, 11) is 0. The lowest BCUT2D eigenvalue weighted by Crippen LogP contribution is -1.99. The molecule has 0 saturated heterocycles. The van der Waals surface area contributed by atoms with Crippen LogP contribution in [0.3, 0.4) is 0 Å². The number of hydrogen-bond donors (Lipinski definition) is 1. The van der Waals surface area contributed by atoms with Crippen LogP contribution >= 0.6 is 11.8 Å². The standard InChI is InChI=1S/C12H19NS/c1-10-9-11(5-3-4-8-13)6-7-12(10)14-2/h6-7,9H,3-5,8,13H2,1-2H3. The maximum Gasteiger partial charge on any atom is 0.00985 e. The molecule has 1 aromatic rings. The Morgan fingerprint density at radius 2 is 2.07 bits per heavy atom. The van der Waals surface area contributed by atoms with Crippen LogP contribution in [0.2, 0.25) is 0 Å². The molecule has 0 aromatic heterocycles. The third kappa shape index (κ3) is 3.35. The predicted molar refractivity (Wildman–Crippen MR) is 65.0 cm³/mol. The van der Waals surface area contributed by atoms with Crippen molar-refractivity contribution >= 4 is 11.8 Å². The molecule has 0 saturated carbocycles. The molecule has 0 atom stereocenters. The minimum Gasteiger partial charge on any atom is -0.330 e. The number of benzene rings is 1. The van der Waals surface area contributed by atoms with Gasteiger partial charge in [-0.15, -0.1) is 11.8 Å². The normalized spacial score (nSPS) is 10.5. The molecule has 1 rings (SSSR count). The van der Waals surface area contributed by atoms with Crippen molar-refractivity contribution < 1.29 is 0 Å². The van der Waals surface area contributed by atoms with Crippen LogP contribution in [0.25, 0.3) is 0 Å². The van der Waals surface area contributed by atoms with Gasteiger partial charge in [0.2, 0.25) is 0 Å². The summed E-state index contributed by atoms with van der Waals surface area (Å²) < 4.78 is 0. The Kier molecular flexibility index (Phi) is 5.05. The zero-order chi connectivity index (χ0) is 10.4. The number of thioether (sulfide) groups is 1.